The summed E-state index contributed by atoms with van der Waals surface area (Å²) in [6.45, 7) is 1.58. The molecule has 0 atom stereocenters. The molecule has 3 aromatic rings. The highest BCUT2D eigenvalue weighted by Crippen LogP contribution is 2.18. The van der Waals surface area contributed by atoms with Gasteiger partial charge in [-0.05, 0) is 31.2 Å². The lowest BCUT2D eigenvalue weighted by Gasteiger charge is -2.24. The Balaban J connectivity index is 2.05. The molecule has 3 rings (SSSR count). The Labute approximate surface area is 136 Å². The van der Waals surface area contributed by atoms with Gasteiger partial charge in [0.1, 0.15) is 5.82 Å². The van der Waals surface area contributed by atoms with Gasteiger partial charge in [0.15, 0.2) is 0 Å². The molecule has 1 aromatic heterocycles. The molecule has 0 aliphatic rings. The fourth-order valence-electron chi connectivity index (χ4n) is 2.37. The van der Waals surface area contributed by atoms with Gasteiger partial charge < -0.3 is 10.4 Å². The van der Waals surface area contributed by atoms with Crippen molar-refractivity contribution in [2.75, 3.05) is 10.7 Å². The number of rotatable bonds is 3. The van der Waals surface area contributed by atoms with Gasteiger partial charge in [-0.25, -0.2) is 9.66 Å². The Bertz CT molecular complexity index is 981. The van der Waals surface area contributed by atoms with Crippen molar-refractivity contribution in [1.29, 1.82) is 0 Å². The van der Waals surface area contributed by atoms with Crippen molar-refractivity contribution in [2.45, 2.75) is 6.92 Å². The Morgan fingerprint density at radius 3 is 2.62 bits per heavy atom. The topological polar surface area (TPSA) is 111 Å². The Morgan fingerprint density at radius 1 is 1.21 bits per heavy atom. The number of aromatic nitrogens is 2. The standard InChI is InChI=1S/C16H13N4O4/c1-10-17-13-8-4-2-6-11(13)16(22)19(10)18-15(21)12-7-3-5-9-14(12)20(23)24/h2-9,23H,1H3,(H,18,21)/q-1. The van der Waals surface area contributed by atoms with Crippen molar-refractivity contribution in [3.05, 3.63) is 75.5 Å². The summed E-state index contributed by atoms with van der Waals surface area (Å²) in [7, 11) is 0. The van der Waals surface area contributed by atoms with E-state index in [1.54, 1.807) is 31.2 Å². The molecule has 0 aliphatic carbocycles. The fourth-order valence-corrected chi connectivity index (χ4v) is 2.37. The third-order valence-corrected chi connectivity index (χ3v) is 3.51. The summed E-state index contributed by atoms with van der Waals surface area (Å²) in [6, 6.07) is 12.5. The van der Waals surface area contributed by atoms with E-state index in [4.69, 9.17) is 5.21 Å². The normalized spacial score (nSPS) is 10.6. The molecule has 1 heterocycles. The van der Waals surface area contributed by atoms with Crippen LogP contribution in [0.5, 0.6) is 0 Å². The minimum absolute atomic E-state index is 0.0746. The molecule has 1 amide bonds. The molecule has 0 saturated carbocycles. The number of nitrogens with zero attached hydrogens (tertiary/aromatic N) is 3. The smallest absolute Gasteiger partial charge is 0.280 e. The zero-order chi connectivity index (χ0) is 17.3. The number of nitrogens with one attached hydrogen (secondary N) is 1. The molecule has 24 heavy (non-hydrogen) atoms. The highest BCUT2D eigenvalue weighted by molar-refractivity contribution is 6.04. The lowest BCUT2D eigenvalue weighted by Crippen LogP contribution is -2.36. The van der Waals surface area contributed by atoms with Gasteiger partial charge in [0.2, 0.25) is 0 Å². The first-order valence-corrected chi connectivity index (χ1v) is 7.04. The zero-order valence-electron chi connectivity index (χ0n) is 12.6. The average Bonchev–Trinajstić information content (AvgIpc) is 2.58. The molecule has 0 spiro atoms. The monoisotopic (exact) mass is 325 g/mol. The molecule has 8 heteroatoms. The largest absolute Gasteiger partial charge is 0.733 e. The lowest BCUT2D eigenvalue weighted by atomic mass is 10.2. The molecule has 122 valence electrons. The van der Waals surface area contributed by atoms with Gasteiger partial charge in [-0.15, -0.1) is 0 Å². The van der Waals surface area contributed by atoms with Gasteiger partial charge in [-0.1, -0.05) is 24.3 Å². The predicted octanol–water partition coefficient (Wildman–Crippen LogP) is 1.78. The van der Waals surface area contributed by atoms with Crippen LogP contribution in [0.2, 0.25) is 0 Å². The number of carbonyl (C=O) groups is 1. The first-order valence-electron chi connectivity index (χ1n) is 7.04. The number of hydrogen-bond donors (Lipinski definition) is 2. The van der Waals surface area contributed by atoms with Crippen LogP contribution in [-0.2, 0) is 0 Å². The highest BCUT2D eigenvalue weighted by atomic mass is 16.8. The number of para-hydroxylation sites is 2. The Hall–Kier alpha value is -3.23. The molecule has 0 saturated heterocycles. The molecule has 2 aromatic carbocycles. The Morgan fingerprint density at radius 2 is 1.88 bits per heavy atom. The van der Waals surface area contributed by atoms with Crippen LogP contribution < -0.4 is 16.2 Å². The molecular weight excluding hydrogens is 312 g/mol. The Kier molecular flexibility index (Phi) is 3.98. The summed E-state index contributed by atoms with van der Waals surface area (Å²) in [5.41, 5.74) is 2.19. The van der Waals surface area contributed by atoms with E-state index >= 15 is 0 Å². The SMILES string of the molecule is Cc1nc2ccccc2c(=O)n1NC(=O)c1ccccc1N([O-])O. The van der Waals surface area contributed by atoms with Gasteiger partial charge >= 0.3 is 0 Å². The first-order chi connectivity index (χ1) is 11.5. The van der Waals surface area contributed by atoms with Crippen LogP contribution in [0.25, 0.3) is 10.9 Å². The maximum Gasteiger partial charge on any atom is 0.280 e. The van der Waals surface area contributed by atoms with Crippen molar-refractivity contribution < 1.29 is 10.0 Å². The van der Waals surface area contributed by atoms with Gasteiger partial charge in [-0.3, -0.25) is 20.2 Å². The minimum Gasteiger partial charge on any atom is -0.733 e. The van der Waals surface area contributed by atoms with E-state index in [-0.39, 0.29) is 17.1 Å². The second kappa shape index (κ2) is 6.11. The number of amides is 1. The quantitative estimate of drug-likeness (QED) is 0.710. The van der Waals surface area contributed by atoms with E-state index in [0.717, 1.165) is 4.68 Å². The van der Waals surface area contributed by atoms with E-state index < -0.39 is 16.7 Å². The van der Waals surface area contributed by atoms with Crippen LogP contribution in [0.4, 0.5) is 5.69 Å². The first kappa shape index (κ1) is 15.7. The van der Waals surface area contributed by atoms with Gasteiger partial charge in [0, 0.05) is 0 Å². The van der Waals surface area contributed by atoms with Gasteiger partial charge in [-0.2, -0.15) is 0 Å². The maximum atomic E-state index is 12.5. The van der Waals surface area contributed by atoms with Crippen LogP contribution in [0.15, 0.2) is 53.3 Å². The van der Waals surface area contributed by atoms with Crippen LogP contribution in [-0.4, -0.2) is 20.8 Å². The zero-order valence-corrected chi connectivity index (χ0v) is 12.6. The number of carbonyl (C=O) groups excluding carboxylic acids is 1. The van der Waals surface area contributed by atoms with Crippen LogP contribution in [0, 0.1) is 12.1 Å². The van der Waals surface area contributed by atoms with Gasteiger partial charge in [0.25, 0.3) is 11.5 Å². The number of aryl methyl sites for hydroxylation is 1. The summed E-state index contributed by atoms with van der Waals surface area (Å²) >= 11 is 0. The number of benzene rings is 2. The molecule has 2 N–H and O–H groups in total. The van der Waals surface area contributed by atoms with E-state index in [1.807, 2.05) is 0 Å². The summed E-state index contributed by atoms with van der Waals surface area (Å²) < 4.78 is 1.01. The van der Waals surface area contributed by atoms with Crippen LogP contribution in [0.3, 0.4) is 0 Å². The average molecular weight is 325 g/mol. The second-order valence-corrected chi connectivity index (χ2v) is 5.05. The lowest BCUT2D eigenvalue weighted by molar-refractivity contribution is 0.101. The fraction of sp³-hybridized carbons (Fsp3) is 0.0625. The summed E-state index contributed by atoms with van der Waals surface area (Å²) in [6.07, 6.45) is 0. The van der Waals surface area contributed by atoms with E-state index in [2.05, 4.69) is 10.4 Å². The van der Waals surface area contributed by atoms with E-state index in [0.29, 0.717) is 10.9 Å². The third kappa shape index (κ3) is 2.71. The van der Waals surface area contributed by atoms with Crippen molar-refractivity contribution in [2.24, 2.45) is 0 Å². The van der Waals surface area contributed by atoms with Crippen molar-refractivity contribution in [3.63, 3.8) is 0 Å². The predicted molar refractivity (Wildman–Crippen MR) is 88.5 cm³/mol. The molecule has 0 radical (unpaired) electrons. The van der Waals surface area contributed by atoms with Crippen molar-refractivity contribution in [1.82, 2.24) is 9.66 Å². The minimum atomic E-state index is -0.720. The van der Waals surface area contributed by atoms with E-state index in [9.17, 15) is 14.8 Å². The van der Waals surface area contributed by atoms with E-state index in [1.165, 1.54) is 24.3 Å². The summed E-state index contributed by atoms with van der Waals surface area (Å²) in [4.78, 5) is 29.2. The number of hydrogen-bond acceptors (Lipinski definition) is 6. The van der Waals surface area contributed by atoms with Crippen molar-refractivity contribution >= 4 is 22.5 Å². The molecule has 0 bridgehead atoms. The summed E-state index contributed by atoms with van der Waals surface area (Å²) in [5, 5.41) is 20.2. The molecule has 0 fully saturated rings. The molecule has 0 aliphatic heterocycles. The molecular formula is C16H13N4O4-. The van der Waals surface area contributed by atoms with Crippen LogP contribution in [0.1, 0.15) is 16.2 Å². The third-order valence-electron chi connectivity index (χ3n) is 3.51. The number of fused-ring (bicyclic) bond motifs is 1. The molecule has 8 nitrogen and oxygen atoms in total. The molecule has 0 unspecified atom stereocenters. The van der Waals surface area contributed by atoms with Crippen LogP contribution >= 0.6 is 0 Å². The van der Waals surface area contributed by atoms with Gasteiger partial charge in [0.05, 0.1) is 22.2 Å². The maximum absolute atomic E-state index is 12.5. The van der Waals surface area contributed by atoms with Crippen molar-refractivity contribution in [3.8, 4) is 0 Å². The summed E-state index contributed by atoms with van der Waals surface area (Å²) in [5.74, 6) is -0.435. The second-order valence-electron chi connectivity index (χ2n) is 5.05. The highest BCUT2D eigenvalue weighted by Gasteiger charge is 2.15. The number of anilines is 1.